The third kappa shape index (κ3) is 4.11. The molecule has 0 aromatic carbocycles. The van der Waals surface area contributed by atoms with Gasteiger partial charge >= 0.3 is 11.9 Å². The molecule has 11 nitrogen and oxygen atoms in total. The fourth-order valence-electron chi connectivity index (χ4n) is 5.35. The number of aromatic carboxylic acids is 1. The summed E-state index contributed by atoms with van der Waals surface area (Å²) < 4.78 is 1.56. The molecule has 12 heteroatoms. The molecule has 0 atom stereocenters. The first kappa shape index (κ1) is 23.2. The van der Waals surface area contributed by atoms with Crippen LogP contribution in [0.25, 0.3) is 11.0 Å². The van der Waals surface area contributed by atoms with Crippen molar-refractivity contribution in [2.45, 2.75) is 45.1 Å². The van der Waals surface area contributed by atoms with Crippen LogP contribution in [0.2, 0.25) is 0 Å². The Bertz CT molecular complexity index is 1310. The van der Waals surface area contributed by atoms with Gasteiger partial charge < -0.3 is 20.8 Å². The Hall–Kier alpha value is -3.54. The second kappa shape index (κ2) is 8.59. The Morgan fingerprint density at radius 1 is 1.09 bits per heavy atom. The first-order valence-electron chi connectivity index (χ1n) is 11.5. The zero-order valence-corrected chi connectivity index (χ0v) is 20.0. The molecule has 1 amide bonds. The minimum atomic E-state index is -0.963. The molecule has 184 valence electrons. The lowest BCUT2D eigenvalue weighted by Crippen LogP contribution is -2.50. The van der Waals surface area contributed by atoms with Crippen LogP contribution in [-0.2, 0) is 18.4 Å². The average molecular weight is 499 g/mol. The zero-order chi connectivity index (χ0) is 24.8. The van der Waals surface area contributed by atoms with Gasteiger partial charge in [-0.25, -0.2) is 14.8 Å². The number of carboxylic acids is 2. The highest BCUT2D eigenvalue weighted by Gasteiger charge is 2.52. The number of fused-ring (bicyclic) bond motifs is 4. The van der Waals surface area contributed by atoms with Crippen LogP contribution in [0.5, 0.6) is 0 Å². The van der Waals surface area contributed by atoms with Gasteiger partial charge in [0.15, 0.2) is 11.5 Å². The smallest absolute Gasteiger partial charge is 0.345 e. The van der Waals surface area contributed by atoms with Crippen LogP contribution in [0.15, 0.2) is 18.5 Å². The maximum atomic E-state index is 13.1. The second-order valence-electron chi connectivity index (χ2n) is 9.58. The standard InChI is InChI=1S/C23H26N6O5S/c1-29-17-15(18(28-29)24-10-13-2-3-14(35-13)20(31)32)26-12-27-16(17)19(30)25-11-22-4-7-23(8-5-22,9-6-22)21(33)34/h2-3,12H,4-11H2,1H3,(H,24,28)(H,25,30)(H,31,32)(H,33,34). The molecule has 2 bridgehead atoms. The highest BCUT2D eigenvalue weighted by atomic mass is 32.1. The molecule has 3 aromatic rings. The van der Waals surface area contributed by atoms with Crippen molar-refractivity contribution in [3.63, 3.8) is 0 Å². The Kier molecular flexibility index (Phi) is 5.70. The zero-order valence-electron chi connectivity index (χ0n) is 19.2. The molecule has 4 N–H and O–H groups in total. The largest absolute Gasteiger partial charge is 0.481 e. The summed E-state index contributed by atoms with van der Waals surface area (Å²) in [7, 11) is 1.72. The summed E-state index contributed by atoms with van der Waals surface area (Å²) in [6.07, 6.45) is 5.69. The molecule has 0 spiro atoms. The lowest BCUT2D eigenvalue weighted by molar-refractivity contribution is -0.158. The average Bonchev–Trinajstić information content (AvgIpc) is 3.47. The SMILES string of the molecule is Cn1nc(NCc2ccc(C(=O)O)s2)c2ncnc(C(=O)NCC34CCC(C(=O)O)(CC3)CC4)c21. The number of hydrogen-bond donors (Lipinski definition) is 4. The molecule has 0 radical (unpaired) electrons. The first-order chi connectivity index (χ1) is 16.7. The van der Waals surface area contributed by atoms with Gasteiger partial charge in [-0.3, -0.25) is 14.3 Å². The highest BCUT2D eigenvalue weighted by molar-refractivity contribution is 7.13. The molecule has 3 saturated carbocycles. The monoisotopic (exact) mass is 498 g/mol. The number of aromatic nitrogens is 4. The van der Waals surface area contributed by atoms with E-state index >= 15 is 0 Å². The molecule has 0 saturated heterocycles. The van der Waals surface area contributed by atoms with Crippen molar-refractivity contribution in [3.8, 4) is 0 Å². The van der Waals surface area contributed by atoms with Gasteiger partial charge in [-0.2, -0.15) is 5.10 Å². The van der Waals surface area contributed by atoms with Crippen molar-refractivity contribution < 1.29 is 24.6 Å². The molecule has 6 rings (SSSR count). The summed E-state index contributed by atoms with van der Waals surface area (Å²) in [5.74, 6) is -1.49. The summed E-state index contributed by atoms with van der Waals surface area (Å²) >= 11 is 1.18. The van der Waals surface area contributed by atoms with Crippen molar-refractivity contribution in [2.75, 3.05) is 11.9 Å². The molecule has 3 heterocycles. The van der Waals surface area contributed by atoms with Crippen LogP contribution in [0, 0.1) is 10.8 Å². The number of carboxylic acid groups (broad SMARTS) is 2. The van der Waals surface area contributed by atoms with Crippen molar-refractivity contribution in [1.82, 2.24) is 25.1 Å². The summed E-state index contributed by atoms with van der Waals surface area (Å²) in [4.78, 5) is 45.6. The van der Waals surface area contributed by atoms with Gasteiger partial charge in [0.25, 0.3) is 5.91 Å². The molecule has 3 aliphatic rings. The number of thiophene rings is 1. The predicted octanol–water partition coefficient (Wildman–Crippen LogP) is 2.89. The molecular formula is C23H26N6O5S. The van der Waals surface area contributed by atoms with Gasteiger partial charge in [0.05, 0.1) is 12.0 Å². The van der Waals surface area contributed by atoms with Gasteiger partial charge in [-0.15, -0.1) is 11.3 Å². The topological polar surface area (TPSA) is 159 Å². The summed E-state index contributed by atoms with van der Waals surface area (Å²) in [6.45, 7) is 0.857. The number of rotatable bonds is 8. The van der Waals surface area contributed by atoms with Crippen molar-refractivity contribution in [3.05, 3.63) is 33.9 Å². The van der Waals surface area contributed by atoms with Gasteiger partial charge in [-0.1, -0.05) is 0 Å². The molecular weight excluding hydrogens is 472 g/mol. The van der Waals surface area contributed by atoms with E-state index in [9.17, 15) is 19.5 Å². The third-order valence-electron chi connectivity index (χ3n) is 7.62. The van der Waals surface area contributed by atoms with E-state index in [4.69, 9.17) is 5.11 Å². The van der Waals surface area contributed by atoms with Gasteiger partial charge in [0.2, 0.25) is 0 Å². The number of amides is 1. The fraction of sp³-hybridized carbons (Fsp3) is 0.478. The number of nitrogens with one attached hydrogen (secondary N) is 2. The lowest BCUT2D eigenvalue weighted by Gasteiger charge is -2.51. The maximum Gasteiger partial charge on any atom is 0.345 e. The van der Waals surface area contributed by atoms with Crippen molar-refractivity contribution in [2.24, 2.45) is 17.9 Å². The van der Waals surface area contributed by atoms with Crippen LogP contribution in [-0.4, -0.2) is 54.4 Å². The van der Waals surface area contributed by atoms with Gasteiger partial charge in [0, 0.05) is 18.5 Å². The predicted molar refractivity (Wildman–Crippen MR) is 127 cm³/mol. The minimum absolute atomic E-state index is 0.0618. The van der Waals surface area contributed by atoms with Gasteiger partial charge in [-0.05, 0) is 56.1 Å². The molecule has 3 aliphatic carbocycles. The van der Waals surface area contributed by atoms with Crippen molar-refractivity contribution >= 4 is 46.0 Å². The minimum Gasteiger partial charge on any atom is -0.481 e. The van der Waals surface area contributed by atoms with Crippen LogP contribution in [0.3, 0.4) is 0 Å². The molecule has 0 unspecified atom stereocenters. The Morgan fingerprint density at radius 2 is 1.80 bits per heavy atom. The first-order valence-corrected chi connectivity index (χ1v) is 12.3. The van der Waals surface area contributed by atoms with E-state index in [1.54, 1.807) is 23.9 Å². The van der Waals surface area contributed by atoms with E-state index in [-0.39, 0.29) is 21.9 Å². The van der Waals surface area contributed by atoms with Crippen molar-refractivity contribution in [1.29, 1.82) is 0 Å². The van der Waals surface area contributed by atoms with E-state index in [1.165, 1.54) is 17.7 Å². The summed E-state index contributed by atoms with van der Waals surface area (Å²) in [5.41, 5.74) is 0.585. The van der Waals surface area contributed by atoms with Crippen LogP contribution in [0.1, 0.15) is 63.6 Å². The third-order valence-corrected chi connectivity index (χ3v) is 8.69. The van der Waals surface area contributed by atoms with E-state index in [0.29, 0.717) is 49.2 Å². The van der Waals surface area contributed by atoms with E-state index in [1.807, 2.05) is 0 Å². The molecule has 3 aromatic heterocycles. The Morgan fingerprint density at radius 3 is 2.43 bits per heavy atom. The number of aryl methyl sites for hydroxylation is 1. The summed E-state index contributed by atoms with van der Waals surface area (Å²) in [6, 6.07) is 3.31. The number of hydrogen-bond acceptors (Lipinski definition) is 8. The quantitative estimate of drug-likeness (QED) is 0.366. The van der Waals surface area contributed by atoms with E-state index in [2.05, 4.69) is 25.7 Å². The van der Waals surface area contributed by atoms with E-state index < -0.39 is 17.4 Å². The molecule has 3 fully saturated rings. The van der Waals surface area contributed by atoms with Crippen LogP contribution >= 0.6 is 11.3 Å². The van der Waals surface area contributed by atoms with E-state index in [0.717, 1.165) is 24.1 Å². The second-order valence-corrected chi connectivity index (χ2v) is 10.8. The number of aliphatic carboxylic acids is 1. The lowest BCUT2D eigenvalue weighted by atomic mass is 9.53. The number of carbonyl (C=O) groups is 3. The van der Waals surface area contributed by atoms with Crippen LogP contribution < -0.4 is 10.6 Å². The molecule has 0 aliphatic heterocycles. The molecule has 35 heavy (non-hydrogen) atoms. The number of carbonyl (C=O) groups excluding carboxylic acids is 1. The fourth-order valence-corrected chi connectivity index (χ4v) is 6.14. The number of anilines is 1. The number of nitrogens with zero attached hydrogens (tertiary/aromatic N) is 4. The maximum absolute atomic E-state index is 13.1. The highest BCUT2D eigenvalue weighted by Crippen LogP contribution is 2.56. The Balaban J connectivity index is 1.29. The summed E-state index contributed by atoms with van der Waals surface area (Å²) in [5, 5.41) is 29.4. The normalized spacial score (nSPS) is 23.3. The Labute approximate surface area is 204 Å². The van der Waals surface area contributed by atoms with Crippen LogP contribution in [0.4, 0.5) is 5.82 Å². The van der Waals surface area contributed by atoms with Gasteiger partial charge in [0.1, 0.15) is 22.2 Å².